The van der Waals surface area contributed by atoms with Crippen LogP contribution in [0.2, 0.25) is 0 Å². The zero-order valence-electron chi connectivity index (χ0n) is 17.0. The van der Waals surface area contributed by atoms with E-state index in [-0.39, 0.29) is 17.9 Å². The molecule has 0 radical (unpaired) electrons. The van der Waals surface area contributed by atoms with Gasteiger partial charge in [0, 0.05) is 19.0 Å². The molecule has 0 saturated heterocycles. The van der Waals surface area contributed by atoms with Crippen LogP contribution in [0.15, 0.2) is 24.3 Å². The maximum Gasteiger partial charge on any atom is 0.243 e. The van der Waals surface area contributed by atoms with Gasteiger partial charge >= 0.3 is 0 Å². The predicted octanol–water partition coefficient (Wildman–Crippen LogP) is 4.05. The zero-order valence-corrected chi connectivity index (χ0v) is 17.0. The lowest BCUT2D eigenvalue weighted by molar-refractivity contribution is -0.141. The first-order valence-electron chi connectivity index (χ1n) is 10.3. The standard InChI is InChI=1S/C22H34N2O3/c1-4-10-21(25)24(16-17-11-9-14-19(15-17)27-3)20(5-2)22(26)23-18-12-7-6-8-13-18/h9,11,14-15,18,20H,4-8,10,12-13,16H2,1-3H3,(H,23,26). The Kier molecular flexibility index (Phi) is 8.62. The van der Waals surface area contributed by atoms with E-state index >= 15 is 0 Å². The van der Waals surface area contributed by atoms with Crippen molar-refractivity contribution in [3.63, 3.8) is 0 Å². The first-order valence-corrected chi connectivity index (χ1v) is 10.3. The Morgan fingerprint density at radius 1 is 1.22 bits per heavy atom. The lowest BCUT2D eigenvalue weighted by atomic mass is 9.95. The molecule has 1 aromatic rings. The third kappa shape index (κ3) is 6.26. The van der Waals surface area contributed by atoms with Gasteiger partial charge in [-0.1, -0.05) is 45.2 Å². The van der Waals surface area contributed by atoms with E-state index in [1.165, 1.54) is 19.3 Å². The number of carbonyl (C=O) groups is 2. The van der Waals surface area contributed by atoms with Crippen molar-refractivity contribution in [1.82, 2.24) is 10.2 Å². The maximum atomic E-state index is 13.0. The number of hydrogen-bond donors (Lipinski definition) is 1. The van der Waals surface area contributed by atoms with E-state index in [4.69, 9.17) is 4.74 Å². The van der Waals surface area contributed by atoms with Crippen LogP contribution < -0.4 is 10.1 Å². The SMILES string of the molecule is CCCC(=O)N(Cc1cccc(OC)c1)C(CC)C(=O)NC1CCCCC1. The molecule has 1 fully saturated rings. The highest BCUT2D eigenvalue weighted by molar-refractivity contribution is 5.87. The van der Waals surface area contributed by atoms with E-state index in [1.807, 2.05) is 38.1 Å². The maximum absolute atomic E-state index is 13.0. The monoisotopic (exact) mass is 374 g/mol. The second kappa shape index (κ2) is 11.0. The summed E-state index contributed by atoms with van der Waals surface area (Å²) in [5, 5.41) is 3.20. The number of rotatable bonds is 9. The lowest BCUT2D eigenvalue weighted by Gasteiger charge is -2.33. The van der Waals surface area contributed by atoms with Crippen LogP contribution in [0.5, 0.6) is 5.75 Å². The molecule has 0 spiro atoms. The van der Waals surface area contributed by atoms with Crippen LogP contribution >= 0.6 is 0 Å². The molecule has 1 saturated carbocycles. The van der Waals surface area contributed by atoms with E-state index in [0.717, 1.165) is 30.6 Å². The average molecular weight is 375 g/mol. The summed E-state index contributed by atoms with van der Waals surface area (Å²) in [6.45, 7) is 4.39. The van der Waals surface area contributed by atoms with E-state index in [9.17, 15) is 9.59 Å². The molecule has 1 aliphatic carbocycles. The minimum absolute atomic E-state index is 0.0169. The molecule has 1 aliphatic rings. The summed E-state index contributed by atoms with van der Waals surface area (Å²) < 4.78 is 5.30. The van der Waals surface area contributed by atoms with Crippen molar-refractivity contribution >= 4 is 11.8 Å². The highest BCUT2D eigenvalue weighted by atomic mass is 16.5. The third-order valence-electron chi connectivity index (χ3n) is 5.29. The molecule has 1 aromatic carbocycles. The quantitative estimate of drug-likeness (QED) is 0.709. The predicted molar refractivity (Wildman–Crippen MR) is 108 cm³/mol. The Labute approximate surface area is 163 Å². The second-order valence-corrected chi connectivity index (χ2v) is 7.39. The fourth-order valence-corrected chi connectivity index (χ4v) is 3.79. The molecule has 1 atom stereocenters. The molecule has 0 bridgehead atoms. The number of ether oxygens (including phenoxy) is 1. The van der Waals surface area contributed by atoms with E-state index in [1.54, 1.807) is 12.0 Å². The van der Waals surface area contributed by atoms with E-state index < -0.39 is 6.04 Å². The summed E-state index contributed by atoms with van der Waals surface area (Å²) in [5.74, 6) is 0.776. The Hall–Kier alpha value is -2.04. The van der Waals surface area contributed by atoms with Gasteiger partial charge in [-0.15, -0.1) is 0 Å². The number of nitrogens with zero attached hydrogens (tertiary/aromatic N) is 1. The lowest BCUT2D eigenvalue weighted by Crippen LogP contribution is -2.51. The van der Waals surface area contributed by atoms with Gasteiger partial charge in [0.1, 0.15) is 11.8 Å². The minimum Gasteiger partial charge on any atom is -0.497 e. The van der Waals surface area contributed by atoms with Gasteiger partial charge in [-0.3, -0.25) is 9.59 Å². The molecule has 5 heteroatoms. The molecule has 2 amide bonds. The van der Waals surface area contributed by atoms with Crippen molar-refractivity contribution in [2.75, 3.05) is 7.11 Å². The number of carbonyl (C=O) groups excluding carboxylic acids is 2. The van der Waals surface area contributed by atoms with Crippen LogP contribution in [0.1, 0.15) is 70.8 Å². The first-order chi connectivity index (χ1) is 13.1. The van der Waals surface area contributed by atoms with Gasteiger partial charge in [-0.2, -0.15) is 0 Å². The second-order valence-electron chi connectivity index (χ2n) is 7.39. The van der Waals surface area contributed by atoms with Crippen LogP contribution in [0.3, 0.4) is 0 Å². The van der Waals surface area contributed by atoms with Gasteiger partial charge < -0.3 is 15.0 Å². The first kappa shape index (κ1) is 21.3. The topological polar surface area (TPSA) is 58.6 Å². The molecule has 2 rings (SSSR count). The van der Waals surface area contributed by atoms with Crippen molar-refractivity contribution in [3.8, 4) is 5.75 Å². The van der Waals surface area contributed by atoms with Crippen molar-refractivity contribution in [2.45, 2.75) is 83.8 Å². The number of benzene rings is 1. The molecule has 27 heavy (non-hydrogen) atoms. The molecule has 5 nitrogen and oxygen atoms in total. The highest BCUT2D eigenvalue weighted by Gasteiger charge is 2.29. The van der Waals surface area contributed by atoms with Gasteiger partial charge in [-0.25, -0.2) is 0 Å². The Morgan fingerprint density at radius 3 is 2.59 bits per heavy atom. The highest BCUT2D eigenvalue weighted by Crippen LogP contribution is 2.20. The van der Waals surface area contributed by atoms with E-state index in [2.05, 4.69) is 5.32 Å². The Bertz CT molecular complexity index is 611. The van der Waals surface area contributed by atoms with Gasteiger partial charge in [0.05, 0.1) is 7.11 Å². The minimum atomic E-state index is -0.433. The van der Waals surface area contributed by atoms with Gasteiger partial charge in [0.2, 0.25) is 11.8 Å². The molecule has 1 N–H and O–H groups in total. The van der Waals surface area contributed by atoms with Crippen LogP contribution in [0, 0.1) is 0 Å². The number of nitrogens with one attached hydrogen (secondary N) is 1. The fourth-order valence-electron chi connectivity index (χ4n) is 3.79. The van der Waals surface area contributed by atoms with Crippen LogP contribution in [-0.4, -0.2) is 35.9 Å². The van der Waals surface area contributed by atoms with Gasteiger partial charge in [0.15, 0.2) is 0 Å². The molecular weight excluding hydrogens is 340 g/mol. The Balaban J connectivity index is 2.15. The Morgan fingerprint density at radius 2 is 1.96 bits per heavy atom. The smallest absolute Gasteiger partial charge is 0.243 e. The summed E-state index contributed by atoms with van der Waals surface area (Å²) in [6, 6.07) is 7.52. The molecule has 0 aliphatic heterocycles. The molecule has 0 heterocycles. The summed E-state index contributed by atoms with van der Waals surface area (Å²) in [4.78, 5) is 27.5. The van der Waals surface area contributed by atoms with Gasteiger partial charge in [-0.05, 0) is 43.4 Å². The number of hydrogen-bond acceptors (Lipinski definition) is 3. The molecule has 1 unspecified atom stereocenters. The van der Waals surface area contributed by atoms with Crippen molar-refractivity contribution < 1.29 is 14.3 Å². The molecule has 150 valence electrons. The molecule has 0 aromatic heterocycles. The summed E-state index contributed by atoms with van der Waals surface area (Å²) in [5.41, 5.74) is 0.975. The van der Waals surface area contributed by atoms with Crippen molar-refractivity contribution in [1.29, 1.82) is 0 Å². The summed E-state index contributed by atoms with van der Waals surface area (Å²) in [6.07, 6.45) is 7.51. The van der Waals surface area contributed by atoms with Gasteiger partial charge in [0.25, 0.3) is 0 Å². The summed E-state index contributed by atoms with van der Waals surface area (Å²) >= 11 is 0. The van der Waals surface area contributed by atoms with Crippen molar-refractivity contribution in [3.05, 3.63) is 29.8 Å². The number of amides is 2. The van der Waals surface area contributed by atoms with Crippen LogP contribution in [0.25, 0.3) is 0 Å². The zero-order chi connectivity index (χ0) is 19.6. The summed E-state index contributed by atoms with van der Waals surface area (Å²) in [7, 11) is 1.63. The largest absolute Gasteiger partial charge is 0.497 e. The third-order valence-corrected chi connectivity index (χ3v) is 5.29. The molecular formula is C22H34N2O3. The average Bonchev–Trinajstić information content (AvgIpc) is 2.69. The normalized spacial score (nSPS) is 15.8. The number of methoxy groups -OCH3 is 1. The van der Waals surface area contributed by atoms with Crippen LogP contribution in [-0.2, 0) is 16.1 Å². The van der Waals surface area contributed by atoms with Crippen LogP contribution in [0.4, 0.5) is 0 Å². The van der Waals surface area contributed by atoms with Crippen molar-refractivity contribution in [2.24, 2.45) is 0 Å². The fraction of sp³-hybridized carbons (Fsp3) is 0.636. The van der Waals surface area contributed by atoms with E-state index in [0.29, 0.717) is 19.4 Å².